The predicted molar refractivity (Wildman–Crippen MR) is 111 cm³/mol. The Morgan fingerprint density at radius 2 is 1.68 bits per heavy atom. The summed E-state index contributed by atoms with van der Waals surface area (Å²) in [4.78, 5) is 28.9. The molecule has 0 atom stereocenters. The van der Waals surface area contributed by atoms with Crippen molar-refractivity contribution in [2.75, 3.05) is 49.6 Å². The number of anilines is 2. The third-order valence-corrected chi connectivity index (χ3v) is 4.83. The van der Waals surface area contributed by atoms with Crippen LogP contribution in [-0.4, -0.2) is 56.1 Å². The highest BCUT2D eigenvalue weighted by atomic mass is 16.5. The van der Waals surface area contributed by atoms with Gasteiger partial charge in [-0.15, -0.1) is 0 Å². The average Bonchev–Trinajstić information content (AvgIpc) is 2.73. The van der Waals surface area contributed by atoms with Gasteiger partial charge in [-0.3, -0.25) is 9.59 Å². The van der Waals surface area contributed by atoms with Crippen LogP contribution in [0, 0.1) is 6.92 Å². The number of carbonyl (C=O) groups is 2. The molecule has 0 bridgehead atoms. The zero-order valence-electron chi connectivity index (χ0n) is 16.5. The lowest BCUT2D eigenvalue weighted by molar-refractivity contribution is -0.116. The highest BCUT2D eigenvalue weighted by molar-refractivity contribution is 5.99. The number of ether oxygens (including phenoxy) is 1. The standard InChI is InChI=1S/C22H27N3O3/c1-3-24(22(27)18-6-4-17(2)5-7-18)16-21(26)23-19-8-10-20(11-9-19)25-12-14-28-15-13-25/h4-11H,3,12-16H2,1-2H3,(H,23,26). The monoisotopic (exact) mass is 381 g/mol. The van der Waals surface area contributed by atoms with Crippen LogP contribution in [0.4, 0.5) is 11.4 Å². The molecule has 0 radical (unpaired) electrons. The molecule has 1 aliphatic rings. The number of amides is 2. The van der Waals surface area contributed by atoms with Gasteiger partial charge >= 0.3 is 0 Å². The maximum atomic E-state index is 12.6. The summed E-state index contributed by atoms with van der Waals surface area (Å²) in [6.45, 7) is 7.56. The van der Waals surface area contributed by atoms with Gasteiger partial charge in [0.2, 0.25) is 5.91 Å². The Balaban J connectivity index is 1.57. The second-order valence-corrected chi connectivity index (χ2v) is 6.88. The summed E-state index contributed by atoms with van der Waals surface area (Å²) in [5, 5.41) is 2.88. The van der Waals surface area contributed by atoms with Crippen LogP contribution < -0.4 is 10.2 Å². The quantitative estimate of drug-likeness (QED) is 0.836. The summed E-state index contributed by atoms with van der Waals surface area (Å²) in [5.74, 6) is -0.346. The zero-order valence-corrected chi connectivity index (χ0v) is 16.5. The molecule has 148 valence electrons. The first-order valence-corrected chi connectivity index (χ1v) is 9.65. The van der Waals surface area contributed by atoms with Crippen LogP contribution in [0.15, 0.2) is 48.5 Å². The molecule has 1 saturated heterocycles. The molecule has 0 spiro atoms. The molecule has 0 saturated carbocycles. The fraction of sp³-hybridized carbons (Fsp3) is 0.364. The summed E-state index contributed by atoms with van der Waals surface area (Å²) in [7, 11) is 0. The van der Waals surface area contributed by atoms with Crippen molar-refractivity contribution in [1.82, 2.24) is 4.90 Å². The van der Waals surface area contributed by atoms with Crippen molar-refractivity contribution in [1.29, 1.82) is 0 Å². The number of hydrogen-bond donors (Lipinski definition) is 1. The topological polar surface area (TPSA) is 61.9 Å². The molecule has 28 heavy (non-hydrogen) atoms. The van der Waals surface area contributed by atoms with Gasteiger partial charge in [0.25, 0.3) is 5.91 Å². The van der Waals surface area contributed by atoms with E-state index in [9.17, 15) is 9.59 Å². The maximum Gasteiger partial charge on any atom is 0.254 e. The average molecular weight is 381 g/mol. The smallest absolute Gasteiger partial charge is 0.254 e. The van der Waals surface area contributed by atoms with Crippen LogP contribution in [0.3, 0.4) is 0 Å². The van der Waals surface area contributed by atoms with E-state index in [0.717, 1.165) is 43.2 Å². The molecular weight excluding hydrogens is 354 g/mol. The molecule has 1 fully saturated rings. The highest BCUT2D eigenvalue weighted by Gasteiger charge is 2.17. The zero-order chi connectivity index (χ0) is 19.9. The molecule has 0 aromatic heterocycles. The van der Waals surface area contributed by atoms with E-state index in [4.69, 9.17) is 4.74 Å². The fourth-order valence-corrected chi connectivity index (χ4v) is 3.16. The van der Waals surface area contributed by atoms with Gasteiger partial charge in [-0.25, -0.2) is 0 Å². The summed E-state index contributed by atoms with van der Waals surface area (Å²) in [5.41, 5.74) is 3.53. The van der Waals surface area contributed by atoms with Crippen molar-refractivity contribution in [3.8, 4) is 0 Å². The number of aryl methyl sites for hydroxylation is 1. The lowest BCUT2D eigenvalue weighted by Crippen LogP contribution is -2.38. The van der Waals surface area contributed by atoms with Crippen molar-refractivity contribution in [3.05, 3.63) is 59.7 Å². The molecule has 6 nitrogen and oxygen atoms in total. The molecule has 2 amide bonds. The van der Waals surface area contributed by atoms with Gasteiger partial charge in [0.05, 0.1) is 13.2 Å². The van der Waals surface area contributed by atoms with Crippen molar-refractivity contribution in [3.63, 3.8) is 0 Å². The number of carbonyl (C=O) groups excluding carboxylic acids is 2. The van der Waals surface area contributed by atoms with E-state index in [-0.39, 0.29) is 18.4 Å². The Hall–Kier alpha value is -2.86. The Morgan fingerprint density at radius 3 is 2.29 bits per heavy atom. The third-order valence-electron chi connectivity index (χ3n) is 4.83. The van der Waals surface area contributed by atoms with Crippen molar-refractivity contribution >= 4 is 23.2 Å². The molecule has 0 unspecified atom stereocenters. The molecule has 1 N–H and O–H groups in total. The molecule has 2 aromatic rings. The largest absolute Gasteiger partial charge is 0.378 e. The number of rotatable bonds is 6. The lowest BCUT2D eigenvalue weighted by Gasteiger charge is -2.29. The maximum absolute atomic E-state index is 12.6. The first-order valence-electron chi connectivity index (χ1n) is 9.65. The van der Waals surface area contributed by atoms with Crippen molar-refractivity contribution in [2.24, 2.45) is 0 Å². The Bertz CT molecular complexity index is 797. The number of hydrogen-bond acceptors (Lipinski definition) is 4. The van der Waals surface area contributed by atoms with Gasteiger partial charge in [0.15, 0.2) is 0 Å². The van der Waals surface area contributed by atoms with E-state index in [1.165, 1.54) is 0 Å². The molecular formula is C22H27N3O3. The van der Waals surface area contributed by atoms with Gasteiger partial charge in [-0.1, -0.05) is 17.7 Å². The van der Waals surface area contributed by atoms with Crippen LogP contribution in [0.5, 0.6) is 0 Å². The summed E-state index contributed by atoms with van der Waals surface area (Å²) in [6.07, 6.45) is 0. The van der Waals surface area contributed by atoms with Crippen LogP contribution in [0.1, 0.15) is 22.8 Å². The summed E-state index contributed by atoms with van der Waals surface area (Å²) < 4.78 is 5.37. The van der Waals surface area contributed by atoms with E-state index < -0.39 is 0 Å². The van der Waals surface area contributed by atoms with E-state index in [1.807, 2.05) is 50.2 Å². The second kappa shape index (κ2) is 9.37. The molecule has 6 heteroatoms. The van der Waals surface area contributed by atoms with Gasteiger partial charge in [-0.05, 0) is 50.2 Å². The predicted octanol–water partition coefficient (Wildman–Crippen LogP) is 2.93. The van der Waals surface area contributed by atoms with E-state index in [1.54, 1.807) is 17.0 Å². The Morgan fingerprint density at radius 1 is 1.04 bits per heavy atom. The van der Waals surface area contributed by atoms with Gasteiger partial charge in [-0.2, -0.15) is 0 Å². The number of likely N-dealkylation sites (N-methyl/N-ethyl adjacent to an activating group) is 1. The minimum absolute atomic E-state index is 0.0222. The normalized spacial score (nSPS) is 13.9. The van der Waals surface area contributed by atoms with Crippen molar-refractivity contribution in [2.45, 2.75) is 13.8 Å². The molecule has 2 aromatic carbocycles. The van der Waals surface area contributed by atoms with Crippen LogP contribution in [0.2, 0.25) is 0 Å². The SMILES string of the molecule is CCN(CC(=O)Nc1ccc(N2CCOCC2)cc1)C(=O)c1ccc(C)cc1. The molecule has 1 heterocycles. The Labute approximate surface area is 166 Å². The number of nitrogens with zero attached hydrogens (tertiary/aromatic N) is 2. The van der Waals surface area contributed by atoms with E-state index in [2.05, 4.69) is 10.2 Å². The second-order valence-electron chi connectivity index (χ2n) is 6.88. The van der Waals surface area contributed by atoms with Crippen LogP contribution in [-0.2, 0) is 9.53 Å². The number of morpholine rings is 1. The minimum atomic E-state index is -0.207. The van der Waals surface area contributed by atoms with Gasteiger partial charge in [0, 0.05) is 36.6 Å². The molecule has 3 rings (SSSR count). The van der Waals surface area contributed by atoms with Gasteiger partial charge in [0.1, 0.15) is 6.54 Å². The highest BCUT2D eigenvalue weighted by Crippen LogP contribution is 2.19. The van der Waals surface area contributed by atoms with Gasteiger partial charge < -0.3 is 19.9 Å². The first kappa shape index (κ1) is 19.9. The number of nitrogens with one attached hydrogen (secondary N) is 1. The van der Waals surface area contributed by atoms with Crippen molar-refractivity contribution < 1.29 is 14.3 Å². The van der Waals surface area contributed by atoms with Crippen LogP contribution in [0.25, 0.3) is 0 Å². The van der Waals surface area contributed by atoms with Crippen LogP contribution >= 0.6 is 0 Å². The third kappa shape index (κ3) is 5.10. The first-order chi connectivity index (χ1) is 13.6. The minimum Gasteiger partial charge on any atom is -0.378 e. The lowest BCUT2D eigenvalue weighted by atomic mass is 10.1. The molecule has 0 aliphatic carbocycles. The fourth-order valence-electron chi connectivity index (χ4n) is 3.16. The van der Waals surface area contributed by atoms with E-state index in [0.29, 0.717) is 12.1 Å². The summed E-state index contributed by atoms with van der Waals surface area (Å²) in [6, 6.07) is 15.2. The Kier molecular flexibility index (Phi) is 6.66. The molecule has 1 aliphatic heterocycles. The van der Waals surface area contributed by atoms with E-state index >= 15 is 0 Å². The number of benzene rings is 2. The summed E-state index contributed by atoms with van der Waals surface area (Å²) >= 11 is 0.